The standard InChI is InChI=1S/C25H21Cl4NO2/c1-30(2)19-7-3-15(4-8-19)18(13-24(31)16-5-9-20(26)22(28)11-16)14-25(32)17-6-10-21(27)23(29)12-17/h3-12,18H,13-14H2,1-2H3. The number of anilines is 1. The molecule has 0 amide bonds. The third-order valence-electron chi connectivity index (χ3n) is 5.23. The van der Waals surface area contributed by atoms with Gasteiger partial charge in [-0.15, -0.1) is 0 Å². The minimum atomic E-state index is -0.324. The second-order valence-corrected chi connectivity index (χ2v) is 9.32. The van der Waals surface area contributed by atoms with Crippen LogP contribution in [0.4, 0.5) is 5.69 Å². The van der Waals surface area contributed by atoms with Crippen molar-refractivity contribution in [3.05, 3.63) is 97.4 Å². The summed E-state index contributed by atoms with van der Waals surface area (Å²) in [7, 11) is 3.90. The Labute approximate surface area is 207 Å². The van der Waals surface area contributed by atoms with Gasteiger partial charge >= 0.3 is 0 Å². The predicted molar refractivity (Wildman–Crippen MR) is 134 cm³/mol. The molecule has 0 bridgehead atoms. The molecule has 0 saturated carbocycles. The largest absolute Gasteiger partial charge is 0.378 e. The number of hydrogen-bond donors (Lipinski definition) is 0. The summed E-state index contributed by atoms with van der Waals surface area (Å²) in [5, 5.41) is 1.40. The Bertz CT molecular complexity index is 1080. The third-order valence-corrected chi connectivity index (χ3v) is 6.71. The number of Topliss-reactive ketones (excluding diaryl/α,β-unsaturated/α-hetero) is 2. The van der Waals surface area contributed by atoms with E-state index in [2.05, 4.69) is 0 Å². The zero-order valence-corrected chi connectivity index (χ0v) is 20.6. The van der Waals surface area contributed by atoms with Gasteiger partial charge in [-0.25, -0.2) is 0 Å². The van der Waals surface area contributed by atoms with Crippen LogP contribution in [0.3, 0.4) is 0 Å². The van der Waals surface area contributed by atoms with Crippen molar-refractivity contribution >= 4 is 63.7 Å². The average molecular weight is 509 g/mol. The van der Waals surface area contributed by atoms with Crippen LogP contribution in [0.5, 0.6) is 0 Å². The topological polar surface area (TPSA) is 37.4 Å². The molecule has 0 radical (unpaired) electrons. The monoisotopic (exact) mass is 507 g/mol. The fraction of sp³-hybridized carbons (Fsp3) is 0.200. The number of nitrogens with zero attached hydrogens (tertiary/aromatic N) is 1. The van der Waals surface area contributed by atoms with Gasteiger partial charge in [0.1, 0.15) is 0 Å². The molecule has 0 saturated heterocycles. The fourth-order valence-electron chi connectivity index (χ4n) is 3.37. The lowest BCUT2D eigenvalue weighted by Gasteiger charge is -2.19. The molecule has 0 fully saturated rings. The Morgan fingerprint density at radius 2 is 1.12 bits per heavy atom. The zero-order chi connectivity index (χ0) is 23.4. The van der Waals surface area contributed by atoms with E-state index in [1.165, 1.54) is 0 Å². The highest BCUT2D eigenvalue weighted by molar-refractivity contribution is 6.42. The van der Waals surface area contributed by atoms with E-state index in [-0.39, 0.29) is 30.3 Å². The van der Waals surface area contributed by atoms with Crippen LogP contribution >= 0.6 is 46.4 Å². The average Bonchev–Trinajstić information content (AvgIpc) is 2.77. The first kappa shape index (κ1) is 24.6. The lowest BCUT2D eigenvalue weighted by molar-refractivity contribution is 0.0944. The van der Waals surface area contributed by atoms with Crippen molar-refractivity contribution in [1.82, 2.24) is 0 Å². The molecule has 0 N–H and O–H groups in total. The number of hydrogen-bond acceptors (Lipinski definition) is 3. The maximum Gasteiger partial charge on any atom is 0.163 e. The smallest absolute Gasteiger partial charge is 0.163 e. The van der Waals surface area contributed by atoms with Crippen LogP contribution in [0.15, 0.2) is 60.7 Å². The second kappa shape index (κ2) is 10.7. The van der Waals surface area contributed by atoms with Crippen LogP contribution in [-0.2, 0) is 0 Å². The Kier molecular flexibility index (Phi) is 8.24. The first-order valence-corrected chi connectivity index (χ1v) is 11.4. The highest BCUT2D eigenvalue weighted by atomic mass is 35.5. The Balaban J connectivity index is 1.89. The van der Waals surface area contributed by atoms with Crippen molar-refractivity contribution < 1.29 is 9.59 Å². The van der Waals surface area contributed by atoms with Gasteiger partial charge in [0.25, 0.3) is 0 Å². The molecule has 0 aliphatic rings. The summed E-state index contributed by atoms with van der Waals surface area (Å²) in [4.78, 5) is 28.0. The van der Waals surface area contributed by atoms with Crippen LogP contribution < -0.4 is 4.90 Å². The Morgan fingerprint density at radius 3 is 1.50 bits per heavy atom. The summed E-state index contributed by atoms with van der Waals surface area (Å²) < 4.78 is 0. The fourth-order valence-corrected chi connectivity index (χ4v) is 3.97. The first-order valence-electron chi connectivity index (χ1n) is 9.89. The molecule has 0 aromatic heterocycles. The summed E-state index contributed by atoms with van der Waals surface area (Å²) in [5.41, 5.74) is 2.84. The lowest BCUT2D eigenvalue weighted by atomic mass is 9.86. The molecule has 166 valence electrons. The first-order chi connectivity index (χ1) is 15.2. The quantitative estimate of drug-likeness (QED) is 0.289. The van der Waals surface area contributed by atoms with E-state index in [1.807, 2.05) is 43.3 Å². The third kappa shape index (κ3) is 6.05. The van der Waals surface area contributed by atoms with Gasteiger partial charge in [0.05, 0.1) is 20.1 Å². The minimum absolute atomic E-state index is 0.118. The number of rotatable bonds is 8. The van der Waals surface area contributed by atoms with Crippen molar-refractivity contribution in [2.75, 3.05) is 19.0 Å². The summed E-state index contributed by atoms with van der Waals surface area (Å²) >= 11 is 24.1. The number of carbonyl (C=O) groups is 2. The van der Waals surface area contributed by atoms with E-state index in [1.54, 1.807) is 36.4 Å². The molecule has 3 nitrogen and oxygen atoms in total. The van der Waals surface area contributed by atoms with Crippen molar-refractivity contribution in [2.24, 2.45) is 0 Å². The summed E-state index contributed by atoms with van der Waals surface area (Å²) in [6.45, 7) is 0. The van der Waals surface area contributed by atoms with Gasteiger partial charge in [0, 0.05) is 43.8 Å². The van der Waals surface area contributed by atoms with Crippen LogP contribution in [-0.4, -0.2) is 25.7 Å². The van der Waals surface area contributed by atoms with Gasteiger partial charge in [-0.1, -0.05) is 58.5 Å². The molecule has 0 unspecified atom stereocenters. The van der Waals surface area contributed by atoms with Gasteiger partial charge in [-0.05, 0) is 60.0 Å². The molecule has 3 rings (SSSR count). The van der Waals surface area contributed by atoms with E-state index in [0.717, 1.165) is 11.3 Å². The van der Waals surface area contributed by atoms with Crippen molar-refractivity contribution in [1.29, 1.82) is 0 Å². The maximum atomic E-state index is 13.0. The van der Waals surface area contributed by atoms with Crippen molar-refractivity contribution in [3.63, 3.8) is 0 Å². The van der Waals surface area contributed by atoms with Crippen LogP contribution in [0.1, 0.15) is 45.0 Å². The van der Waals surface area contributed by atoms with E-state index < -0.39 is 0 Å². The van der Waals surface area contributed by atoms with Gasteiger partial charge in [0.15, 0.2) is 11.6 Å². The van der Waals surface area contributed by atoms with E-state index in [4.69, 9.17) is 46.4 Å². The number of ketones is 2. The van der Waals surface area contributed by atoms with Gasteiger partial charge in [-0.3, -0.25) is 9.59 Å². The van der Waals surface area contributed by atoms with E-state index in [0.29, 0.717) is 31.2 Å². The molecule has 3 aromatic carbocycles. The normalized spacial score (nSPS) is 11.0. The second-order valence-electron chi connectivity index (χ2n) is 7.70. The highest BCUT2D eigenvalue weighted by Crippen LogP contribution is 2.31. The number of carbonyl (C=O) groups excluding carboxylic acids is 2. The molecule has 0 heterocycles. The summed E-state index contributed by atoms with van der Waals surface area (Å²) in [6, 6.07) is 17.4. The Morgan fingerprint density at radius 1 is 0.688 bits per heavy atom. The molecule has 0 atom stereocenters. The molecule has 0 spiro atoms. The van der Waals surface area contributed by atoms with Gasteiger partial charge < -0.3 is 4.90 Å². The highest BCUT2D eigenvalue weighted by Gasteiger charge is 2.22. The summed E-state index contributed by atoms with van der Waals surface area (Å²) in [5.74, 6) is -0.561. The minimum Gasteiger partial charge on any atom is -0.378 e. The molecule has 32 heavy (non-hydrogen) atoms. The van der Waals surface area contributed by atoms with Crippen LogP contribution in [0.25, 0.3) is 0 Å². The predicted octanol–water partition coefficient (Wildman–Crippen LogP) is 8.00. The molecular formula is C25H21Cl4NO2. The molecule has 0 aliphatic heterocycles. The Hall–Kier alpha value is -2.04. The molecule has 0 aliphatic carbocycles. The van der Waals surface area contributed by atoms with Gasteiger partial charge in [0.2, 0.25) is 0 Å². The van der Waals surface area contributed by atoms with Crippen LogP contribution in [0, 0.1) is 0 Å². The zero-order valence-electron chi connectivity index (χ0n) is 17.5. The van der Waals surface area contributed by atoms with Gasteiger partial charge in [-0.2, -0.15) is 0 Å². The van der Waals surface area contributed by atoms with Crippen LogP contribution in [0.2, 0.25) is 20.1 Å². The SMILES string of the molecule is CN(C)c1ccc(C(CC(=O)c2ccc(Cl)c(Cl)c2)CC(=O)c2ccc(Cl)c(Cl)c2)cc1. The van der Waals surface area contributed by atoms with Crippen molar-refractivity contribution in [2.45, 2.75) is 18.8 Å². The van der Waals surface area contributed by atoms with Crippen molar-refractivity contribution in [3.8, 4) is 0 Å². The lowest BCUT2D eigenvalue weighted by Crippen LogP contribution is -2.13. The number of benzene rings is 3. The van der Waals surface area contributed by atoms with E-state index >= 15 is 0 Å². The van der Waals surface area contributed by atoms with E-state index in [9.17, 15) is 9.59 Å². The number of halogens is 4. The maximum absolute atomic E-state index is 13.0. The summed E-state index contributed by atoms with van der Waals surface area (Å²) in [6.07, 6.45) is 0.290. The molecular weight excluding hydrogens is 488 g/mol. The molecule has 3 aromatic rings. The molecule has 7 heteroatoms.